The average molecular weight is 432 g/mol. The Bertz CT molecular complexity index is 974. The predicted octanol–water partition coefficient (Wildman–Crippen LogP) is 4.94. The van der Waals surface area contributed by atoms with Crippen LogP contribution in [0.15, 0.2) is 59.2 Å². The molecule has 1 aliphatic heterocycles. The third-order valence-electron chi connectivity index (χ3n) is 4.48. The van der Waals surface area contributed by atoms with Gasteiger partial charge in [-0.25, -0.2) is 0 Å². The van der Waals surface area contributed by atoms with Crippen LogP contribution in [0, 0.1) is 0 Å². The van der Waals surface area contributed by atoms with E-state index in [0.29, 0.717) is 23.7 Å². The number of benzene rings is 2. The van der Waals surface area contributed by atoms with Crippen LogP contribution in [0.1, 0.15) is 16.8 Å². The molecular weight excluding hydrogens is 416 g/mol. The second-order valence-corrected chi connectivity index (χ2v) is 7.56. The zero-order chi connectivity index (χ0) is 18.1. The summed E-state index contributed by atoms with van der Waals surface area (Å²) in [5.74, 6) is 0.682. The quantitative estimate of drug-likeness (QED) is 0.589. The van der Waals surface area contributed by atoms with Crippen LogP contribution in [0.4, 0.5) is 0 Å². The first kappa shape index (κ1) is 17.3. The van der Waals surface area contributed by atoms with Crippen LogP contribution in [0.25, 0.3) is 10.9 Å². The number of carbonyl (C=O) groups excluding carboxylic acids is 1. The maximum absolute atomic E-state index is 12.8. The van der Waals surface area contributed by atoms with Crippen LogP contribution in [0.2, 0.25) is 5.02 Å². The summed E-state index contributed by atoms with van der Waals surface area (Å²) >= 11 is 9.58. The van der Waals surface area contributed by atoms with Gasteiger partial charge in [0.25, 0.3) is 5.91 Å². The van der Waals surface area contributed by atoms with Crippen molar-refractivity contribution in [1.82, 2.24) is 9.88 Å². The van der Waals surface area contributed by atoms with E-state index in [1.54, 1.807) is 23.2 Å². The van der Waals surface area contributed by atoms with E-state index >= 15 is 0 Å². The van der Waals surface area contributed by atoms with Crippen molar-refractivity contribution in [3.8, 4) is 5.75 Å². The normalized spacial score (nSPS) is 16.8. The van der Waals surface area contributed by atoms with E-state index in [1.807, 2.05) is 36.4 Å². The van der Waals surface area contributed by atoms with Gasteiger partial charge in [0.05, 0.1) is 17.1 Å². The number of amides is 1. The van der Waals surface area contributed by atoms with Crippen molar-refractivity contribution in [3.05, 3.63) is 69.8 Å². The highest BCUT2D eigenvalue weighted by Gasteiger charge is 2.29. The first-order chi connectivity index (χ1) is 12.6. The molecule has 0 saturated carbocycles. The number of rotatable bonds is 3. The van der Waals surface area contributed by atoms with E-state index in [0.717, 1.165) is 27.5 Å². The minimum atomic E-state index is -0.0709. The third-order valence-corrected chi connectivity index (χ3v) is 5.30. The zero-order valence-electron chi connectivity index (χ0n) is 13.9. The number of hydrogen-bond acceptors (Lipinski definition) is 3. The van der Waals surface area contributed by atoms with Crippen LogP contribution in [0.3, 0.4) is 0 Å². The Hall–Kier alpha value is -2.11. The number of pyridine rings is 1. The Morgan fingerprint density at radius 1 is 1.23 bits per heavy atom. The molecule has 3 aromatic rings. The van der Waals surface area contributed by atoms with Gasteiger partial charge in [0, 0.05) is 29.0 Å². The molecule has 0 radical (unpaired) electrons. The van der Waals surface area contributed by atoms with Crippen LogP contribution in [0.5, 0.6) is 5.75 Å². The molecule has 0 bridgehead atoms. The van der Waals surface area contributed by atoms with Crippen molar-refractivity contribution in [2.45, 2.75) is 12.5 Å². The maximum atomic E-state index is 12.8. The smallest absolute Gasteiger partial charge is 0.255 e. The molecule has 26 heavy (non-hydrogen) atoms. The summed E-state index contributed by atoms with van der Waals surface area (Å²) in [5, 5.41) is 1.50. The molecule has 4 rings (SSSR count). The van der Waals surface area contributed by atoms with Crippen molar-refractivity contribution >= 4 is 44.3 Å². The van der Waals surface area contributed by atoms with E-state index in [-0.39, 0.29) is 12.0 Å². The molecule has 2 aromatic carbocycles. The van der Waals surface area contributed by atoms with Crippen LogP contribution in [-0.4, -0.2) is 35.0 Å². The monoisotopic (exact) mass is 430 g/mol. The Balaban J connectivity index is 1.50. The van der Waals surface area contributed by atoms with E-state index < -0.39 is 0 Å². The summed E-state index contributed by atoms with van der Waals surface area (Å²) in [7, 11) is 0. The van der Waals surface area contributed by atoms with Gasteiger partial charge in [-0.15, -0.1) is 0 Å². The molecule has 0 spiro atoms. The molecule has 1 fully saturated rings. The minimum absolute atomic E-state index is 0.0579. The number of para-hydroxylation sites is 1. The summed E-state index contributed by atoms with van der Waals surface area (Å²) < 4.78 is 6.99. The maximum Gasteiger partial charge on any atom is 0.255 e. The fourth-order valence-electron chi connectivity index (χ4n) is 3.19. The van der Waals surface area contributed by atoms with Crippen LogP contribution >= 0.6 is 27.5 Å². The van der Waals surface area contributed by atoms with Crippen molar-refractivity contribution < 1.29 is 9.53 Å². The lowest BCUT2D eigenvalue weighted by molar-refractivity contribution is 0.0773. The van der Waals surface area contributed by atoms with Crippen molar-refractivity contribution in [2.75, 3.05) is 13.1 Å². The average Bonchev–Trinajstić information content (AvgIpc) is 3.12. The lowest BCUT2D eigenvalue weighted by Gasteiger charge is -2.18. The van der Waals surface area contributed by atoms with E-state index in [9.17, 15) is 4.79 Å². The standard InChI is InChI=1S/C20H16BrClN2O2/c21-14-6-7-17(22)16(11-14)20(25)24-10-8-15(12-24)26-18-5-1-3-13-4-2-9-23-19(13)18/h1-7,9,11,15H,8,10,12H2. The molecular formula is C20H16BrClN2O2. The van der Waals surface area contributed by atoms with E-state index in [4.69, 9.17) is 16.3 Å². The predicted molar refractivity (Wildman–Crippen MR) is 106 cm³/mol. The number of hydrogen-bond donors (Lipinski definition) is 0. The fourth-order valence-corrected chi connectivity index (χ4v) is 3.75. The first-order valence-corrected chi connectivity index (χ1v) is 9.53. The van der Waals surface area contributed by atoms with E-state index in [1.165, 1.54) is 0 Å². The molecule has 1 unspecified atom stereocenters. The number of aromatic nitrogens is 1. The molecule has 0 N–H and O–H groups in total. The largest absolute Gasteiger partial charge is 0.486 e. The first-order valence-electron chi connectivity index (χ1n) is 8.36. The fraction of sp³-hybridized carbons (Fsp3) is 0.200. The molecule has 0 aliphatic carbocycles. The molecule has 1 aromatic heterocycles. The van der Waals surface area contributed by atoms with Crippen molar-refractivity contribution in [1.29, 1.82) is 0 Å². The lowest BCUT2D eigenvalue weighted by atomic mass is 10.2. The second kappa shape index (κ2) is 7.25. The third kappa shape index (κ3) is 3.41. The van der Waals surface area contributed by atoms with Gasteiger partial charge < -0.3 is 9.64 Å². The Kier molecular flexibility index (Phi) is 4.83. The van der Waals surface area contributed by atoms with Crippen LogP contribution in [-0.2, 0) is 0 Å². The lowest BCUT2D eigenvalue weighted by Crippen LogP contribution is -2.31. The molecule has 132 valence electrons. The summed E-state index contributed by atoms with van der Waals surface area (Å²) in [6.07, 6.45) is 2.48. The van der Waals surface area contributed by atoms with Gasteiger partial charge in [-0.05, 0) is 30.3 Å². The number of halogens is 2. The number of fused-ring (bicyclic) bond motifs is 1. The summed E-state index contributed by atoms with van der Waals surface area (Å²) in [6.45, 7) is 1.18. The number of carbonyl (C=O) groups is 1. The highest BCUT2D eigenvalue weighted by molar-refractivity contribution is 9.10. The molecule has 1 saturated heterocycles. The Morgan fingerprint density at radius 2 is 2.08 bits per heavy atom. The number of ether oxygens (including phenoxy) is 1. The number of nitrogens with zero attached hydrogens (tertiary/aromatic N) is 2. The summed E-state index contributed by atoms with van der Waals surface area (Å²) in [4.78, 5) is 19.0. The van der Waals surface area contributed by atoms with Gasteiger partial charge in [-0.2, -0.15) is 0 Å². The van der Waals surface area contributed by atoms with Gasteiger partial charge >= 0.3 is 0 Å². The molecule has 2 heterocycles. The molecule has 1 atom stereocenters. The Labute approximate surface area is 164 Å². The molecule has 1 amide bonds. The summed E-state index contributed by atoms with van der Waals surface area (Å²) in [5.41, 5.74) is 1.35. The highest BCUT2D eigenvalue weighted by atomic mass is 79.9. The van der Waals surface area contributed by atoms with Gasteiger partial charge in [0.2, 0.25) is 0 Å². The second-order valence-electron chi connectivity index (χ2n) is 6.24. The van der Waals surface area contributed by atoms with Gasteiger partial charge in [0.15, 0.2) is 0 Å². The highest BCUT2D eigenvalue weighted by Crippen LogP contribution is 2.28. The zero-order valence-corrected chi connectivity index (χ0v) is 16.2. The van der Waals surface area contributed by atoms with Crippen molar-refractivity contribution in [2.24, 2.45) is 0 Å². The van der Waals surface area contributed by atoms with Gasteiger partial charge in [0.1, 0.15) is 17.4 Å². The van der Waals surface area contributed by atoms with Gasteiger partial charge in [-0.1, -0.05) is 45.7 Å². The Morgan fingerprint density at radius 3 is 2.96 bits per heavy atom. The van der Waals surface area contributed by atoms with Gasteiger partial charge in [-0.3, -0.25) is 9.78 Å². The minimum Gasteiger partial charge on any atom is -0.486 e. The van der Waals surface area contributed by atoms with Crippen molar-refractivity contribution in [3.63, 3.8) is 0 Å². The SMILES string of the molecule is O=C(c1cc(Br)ccc1Cl)N1CCC(Oc2cccc3cccnc23)C1. The van der Waals surface area contributed by atoms with E-state index in [2.05, 4.69) is 20.9 Å². The molecule has 4 nitrogen and oxygen atoms in total. The topological polar surface area (TPSA) is 42.4 Å². The summed E-state index contributed by atoms with van der Waals surface area (Å²) in [6, 6.07) is 15.1. The molecule has 6 heteroatoms. The number of likely N-dealkylation sites (tertiary alicyclic amines) is 1. The molecule has 1 aliphatic rings. The van der Waals surface area contributed by atoms with Crippen LogP contribution < -0.4 is 4.74 Å².